The van der Waals surface area contributed by atoms with Gasteiger partial charge >= 0.3 is 5.97 Å². The van der Waals surface area contributed by atoms with E-state index in [1.165, 1.54) is 6.33 Å². The minimum absolute atomic E-state index is 0.0218. The predicted molar refractivity (Wildman–Crippen MR) is 133 cm³/mol. The average molecular weight is 466 g/mol. The van der Waals surface area contributed by atoms with Gasteiger partial charge in [0.2, 0.25) is 0 Å². The molecule has 3 aromatic carbocycles. The molecule has 0 aliphatic heterocycles. The van der Waals surface area contributed by atoms with Gasteiger partial charge in [0.25, 0.3) is 0 Å². The lowest BCUT2D eigenvalue weighted by Gasteiger charge is -2.09. The number of aromatic nitrogens is 4. The quantitative estimate of drug-likeness (QED) is 0.264. The molecular formula is C27H23N5O3. The number of hydrogen-bond donors (Lipinski definition) is 2. The van der Waals surface area contributed by atoms with E-state index in [9.17, 15) is 9.90 Å². The van der Waals surface area contributed by atoms with Crippen LogP contribution in [-0.4, -0.2) is 43.1 Å². The molecule has 0 bridgehead atoms. The Morgan fingerprint density at radius 3 is 2.57 bits per heavy atom. The van der Waals surface area contributed by atoms with Crippen molar-refractivity contribution in [2.75, 3.05) is 6.61 Å². The molecule has 0 spiro atoms. The summed E-state index contributed by atoms with van der Waals surface area (Å²) in [6.45, 7) is 2.67. The molecule has 2 aromatic heterocycles. The molecule has 2 heterocycles. The summed E-state index contributed by atoms with van der Waals surface area (Å²) in [6.07, 6.45) is 3.18. The third kappa shape index (κ3) is 4.67. The molecule has 0 aliphatic rings. The Hall–Kier alpha value is -4.72. The van der Waals surface area contributed by atoms with Crippen LogP contribution in [0, 0.1) is 0 Å². The topological polar surface area (TPSA) is 105 Å². The van der Waals surface area contributed by atoms with Crippen LogP contribution >= 0.6 is 0 Å². The largest absolute Gasteiger partial charge is 0.494 e. The average Bonchev–Trinajstić information content (AvgIpc) is 3.50. The fourth-order valence-electron chi connectivity index (χ4n) is 3.93. The Kier molecular flexibility index (Phi) is 6.09. The number of nitrogens with zero attached hydrogens (tertiary/aromatic N) is 4. The van der Waals surface area contributed by atoms with E-state index in [0.717, 1.165) is 22.2 Å². The summed E-state index contributed by atoms with van der Waals surface area (Å²) in [7, 11) is 0. The second kappa shape index (κ2) is 9.64. The molecule has 8 nitrogen and oxygen atoms in total. The minimum Gasteiger partial charge on any atom is -0.494 e. The standard InChI is InChI=1S/C27H23N5O3/c1-2-35-27(34)20-10-13-22-23(14-20)31-26(33)24(22)25(19-6-4-3-5-7-19)30-21-11-8-18(9-12-21)15-32-17-28-16-29-32/h3-14,16-17,31,33H,2,15H2,1H3. The summed E-state index contributed by atoms with van der Waals surface area (Å²) in [6, 6.07) is 22.7. The number of aromatic amines is 1. The highest BCUT2D eigenvalue weighted by Crippen LogP contribution is 2.32. The highest BCUT2D eigenvalue weighted by molar-refractivity contribution is 6.22. The predicted octanol–water partition coefficient (Wildman–Crippen LogP) is 4.86. The number of nitrogens with one attached hydrogen (secondary N) is 1. The van der Waals surface area contributed by atoms with Crippen LogP contribution in [0.3, 0.4) is 0 Å². The monoisotopic (exact) mass is 465 g/mol. The van der Waals surface area contributed by atoms with Gasteiger partial charge in [0.15, 0.2) is 5.88 Å². The van der Waals surface area contributed by atoms with Crippen LogP contribution < -0.4 is 0 Å². The molecule has 35 heavy (non-hydrogen) atoms. The van der Waals surface area contributed by atoms with E-state index in [0.29, 0.717) is 35.5 Å². The second-order valence-electron chi connectivity index (χ2n) is 7.92. The molecule has 0 radical (unpaired) electrons. The van der Waals surface area contributed by atoms with Crippen LogP contribution in [0.5, 0.6) is 5.88 Å². The summed E-state index contributed by atoms with van der Waals surface area (Å²) in [4.78, 5) is 24.0. The number of esters is 1. The number of hydrogen-bond acceptors (Lipinski definition) is 6. The van der Waals surface area contributed by atoms with Gasteiger partial charge in [0.1, 0.15) is 12.7 Å². The van der Waals surface area contributed by atoms with Gasteiger partial charge in [-0.15, -0.1) is 0 Å². The van der Waals surface area contributed by atoms with Crippen LogP contribution in [0.25, 0.3) is 10.9 Å². The number of aromatic hydroxyl groups is 1. The van der Waals surface area contributed by atoms with Crippen molar-refractivity contribution in [2.45, 2.75) is 13.5 Å². The maximum atomic E-state index is 12.2. The first kappa shape index (κ1) is 22.1. The van der Waals surface area contributed by atoms with E-state index >= 15 is 0 Å². The van der Waals surface area contributed by atoms with E-state index in [1.807, 2.05) is 54.6 Å². The second-order valence-corrected chi connectivity index (χ2v) is 7.92. The number of benzene rings is 3. The van der Waals surface area contributed by atoms with Crippen molar-refractivity contribution in [3.8, 4) is 5.88 Å². The van der Waals surface area contributed by atoms with Gasteiger partial charge in [-0.1, -0.05) is 48.5 Å². The third-order valence-electron chi connectivity index (χ3n) is 5.56. The van der Waals surface area contributed by atoms with E-state index in [1.54, 1.807) is 36.1 Å². The molecule has 0 saturated carbocycles. The van der Waals surface area contributed by atoms with Crippen LogP contribution in [-0.2, 0) is 11.3 Å². The van der Waals surface area contributed by atoms with E-state index in [4.69, 9.17) is 9.73 Å². The zero-order valence-corrected chi connectivity index (χ0v) is 19.0. The van der Waals surface area contributed by atoms with Crippen LogP contribution in [0.2, 0.25) is 0 Å². The molecule has 0 unspecified atom stereocenters. The molecule has 0 amide bonds. The number of ether oxygens (including phenoxy) is 1. The number of fused-ring (bicyclic) bond motifs is 1. The third-order valence-corrected chi connectivity index (χ3v) is 5.56. The van der Waals surface area contributed by atoms with Gasteiger partial charge in [0, 0.05) is 16.5 Å². The summed E-state index contributed by atoms with van der Waals surface area (Å²) < 4.78 is 6.86. The van der Waals surface area contributed by atoms with E-state index in [-0.39, 0.29) is 5.88 Å². The lowest BCUT2D eigenvalue weighted by molar-refractivity contribution is 0.0526. The minimum atomic E-state index is -0.409. The lowest BCUT2D eigenvalue weighted by atomic mass is 10.00. The summed E-state index contributed by atoms with van der Waals surface area (Å²) in [5.41, 5.74) is 4.86. The van der Waals surface area contributed by atoms with Gasteiger partial charge in [-0.25, -0.2) is 19.5 Å². The van der Waals surface area contributed by atoms with Crippen LogP contribution in [0.1, 0.15) is 34.0 Å². The fraction of sp³-hybridized carbons (Fsp3) is 0.111. The molecule has 0 aliphatic carbocycles. The van der Waals surface area contributed by atoms with Crippen LogP contribution in [0.4, 0.5) is 5.69 Å². The Balaban J connectivity index is 1.57. The van der Waals surface area contributed by atoms with Crippen LogP contribution in [0.15, 0.2) is 90.4 Å². The number of carbonyl (C=O) groups is 1. The fourth-order valence-corrected chi connectivity index (χ4v) is 3.93. The highest BCUT2D eigenvalue weighted by Gasteiger charge is 2.20. The summed E-state index contributed by atoms with van der Waals surface area (Å²) in [5, 5.41) is 15.8. The van der Waals surface area contributed by atoms with Crippen molar-refractivity contribution in [2.24, 2.45) is 4.99 Å². The van der Waals surface area contributed by atoms with Gasteiger partial charge < -0.3 is 14.8 Å². The molecule has 5 rings (SSSR count). The Morgan fingerprint density at radius 1 is 1.06 bits per heavy atom. The van der Waals surface area contributed by atoms with E-state index < -0.39 is 5.97 Å². The Labute approximate surface area is 201 Å². The molecule has 5 aromatic rings. The molecule has 174 valence electrons. The number of rotatable bonds is 7. The molecule has 0 atom stereocenters. The first-order chi connectivity index (χ1) is 17.1. The highest BCUT2D eigenvalue weighted by atomic mass is 16.5. The zero-order chi connectivity index (χ0) is 24.2. The maximum absolute atomic E-state index is 12.2. The van der Waals surface area contributed by atoms with Crippen molar-refractivity contribution < 1.29 is 14.6 Å². The van der Waals surface area contributed by atoms with Crippen molar-refractivity contribution in [1.82, 2.24) is 19.7 Å². The van der Waals surface area contributed by atoms with Gasteiger partial charge in [0.05, 0.1) is 35.7 Å². The molecule has 2 N–H and O–H groups in total. The van der Waals surface area contributed by atoms with Gasteiger partial charge in [-0.05, 0) is 36.8 Å². The Morgan fingerprint density at radius 2 is 1.86 bits per heavy atom. The Bertz CT molecular complexity index is 1490. The first-order valence-corrected chi connectivity index (χ1v) is 11.2. The summed E-state index contributed by atoms with van der Waals surface area (Å²) >= 11 is 0. The number of H-pyrrole nitrogens is 1. The van der Waals surface area contributed by atoms with Gasteiger partial charge in [-0.2, -0.15) is 5.10 Å². The van der Waals surface area contributed by atoms with Gasteiger partial charge in [-0.3, -0.25) is 0 Å². The SMILES string of the molecule is CCOC(=O)c1ccc2c(C(=Nc3ccc(Cn4cncn4)cc3)c3ccccc3)c(O)[nH]c2c1. The molecule has 0 saturated heterocycles. The van der Waals surface area contributed by atoms with E-state index in [2.05, 4.69) is 15.1 Å². The lowest BCUT2D eigenvalue weighted by Crippen LogP contribution is -2.05. The van der Waals surface area contributed by atoms with Crippen molar-refractivity contribution >= 4 is 28.3 Å². The van der Waals surface area contributed by atoms with Crippen molar-refractivity contribution in [3.05, 3.63) is 108 Å². The maximum Gasteiger partial charge on any atom is 0.338 e. The normalized spacial score (nSPS) is 11.6. The number of aliphatic imine (C=N–C) groups is 1. The molecular weight excluding hydrogens is 442 g/mol. The zero-order valence-electron chi connectivity index (χ0n) is 19.0. The number of carbonyl (C=O) groups excluding carboxylic acids is 1. The summed E-state index contributed by atoms with van der Waals surface area (Å²) in [5.74, 6) is -0.431. The van der Waals surface area contributed by atoms with Crippen molar-refractivity contribution in [3.63, 3.8) is 0 Å². The molecule has 0 fully saturated rings. The first-order valence-electron chi connectivity index (χ1n) is 11.2. The molecule has 8 heteroatoms. The smallest absolute Gasteiger partial charge is 0.338 e. The van der Waals surface area contributed by atoms with Crippen molar-refractivity contribution in [1.29, 1.82) is 0 Å².